The van der Waals surface area contributed by atoms with E-state index in [9.17, 15) is 4.79 Å². The molecule has 1 heterocycles. The van der Waals surface area contributed by atoms with Gasteiger partial charge in [-0.3, -0.25) is 9.69 Å². The quantitative estimate of drug-likeness (QED) is 0.618. The van der Waals surface area contributed by atoms with Crippen molar-refractivity contribution < 1.29 is 9.90 Å². The van der Waals surface area contributed by atoms with Crippen molar-refractivity contribution in [2.75, 3.05) is 19.6 Å². The molecule has 1 saturated heterocycles. The largest absolute Gasteiger partial charge is 0.480 e. The second kappa shape index (κ2) is 4.45. The first-order valence-electron chi connectivity index (χ1n) is 4.73. The highest BCUT2D eigenvalue weighted by molar-refractivity contribution is 5.79. The van der Waals surface area contributed by atoms with E-state index >= 15 is 0 Å². The lowest BCUT2D eigenvalue weighted by Crippen LogP contribution is -2.50. The number of likely N-dealkylation sites (tertiary alicyclic amines) is 1. The number of nitrogens with zero attached hydrogens (tertiary/aromatic N) is 1. The van der Waals surface area contributed by atoms with Gasteiger partial charge in [0.05, 0.1) is 0 Å². The fourth-order valence-electron chi connectivity index (χ4n) is 1.62. The van der Waals surface area contributed by atoms with E-state index in [1.165, 1.54) is 0 Å². The lowest BCUT2D eigenvalue weighted by molar-refractivity contribution is -0.142. The van der Waals surface area contributed by atoms with Crippen molar-refractivity contribution >= 4 is 5.97 Å². The molecule has 1 atom stereocenters. The van der Waals surface area contributed by atoms with Crippen LogP contribution in [0.3, 0.4) is 0 Å². The van der Waals surface area contributed by atoms with Gasteiger partial charge in [0, 0.05) is 26.1 Å². The van der Waals surface area contributed by atoms with Crippen LogP contribution in [0.2, 0.25) is 0 Å². The molecular formula is C10H16N2O2. The first-order chi connectivity index (χ1) is 6.58. The van der Waals surface area contributed by atoms with E-state index in [-0.39, 0.29) is 0 Å². The van der Waals surface area contributed by atoms with Gasteiger partial charge in [0.1, 0.15) is 5.54 Å². The number of rotatable bonds is 3. The van der Waals surface area contributed by atoms with Crippen LogP contribution in [0.25, 0.3) is 0 Å². The topological polar surface area (TPSA) is 66.6 Å². The van der Waals surface area contributed by atoms with E-state index in [0.29, 0.717) is 13.0 Å². The van der Waals surface area contributed by atoms with Gasteiger partial charge in [0.2, 0.25) is 0 Å². The molecule has 0 aliphatic carbocycles. The summed E-state index contributed by atoms with van der Waals surface area (Å²) in [7, 11) is 0. The molecule has 1 rings (SSSR count). The van der Waals surface area contributed by atoms with Crippen molar-refractivity contribution in [1.82, 2.24) is 4.90 Å². The van der Waals surface area contributed by atoms with Crippen molar-refractivity contribution in [3.63, 3.8) is 0 Å². The SMILES string of the molecule is CC#CCCN1CCC(N)(C(=O)O)C1. The van der Waals surface area contributed by atoms with Gasteiger partial charge in [-0.15, -0.1) is 11.8 Å². The molecule has 0 aromatic rings. The first-order valence-corrected chi connectivity index (χ1v) is 4.73. The van der Waals surface area contributed by atoms with Crippen molar-refractivity contribution in [2.24, 2.45) is 5.73 Å². The van der Waals surface area contributed by atoms with Gasteiger partial charge in [-0.1, -0.05) is 0 Å². The second-order valence-corrected chi connectivity index (χ2v) is 3.66. The molecule has 0 amide bonds. The van der Waals surface area contributed by atoms with Crippen molar-refractivity contribution in [2.45, 2.75) is 25.3 Å². The molecule has 78 valence electrons. The summed E-state index contributed by atoms with van der Waals surface area (Å²) in [6, 6.07) is 0. The van der Waals surface area contributed by atoms with Gasteiger partial charge in [0.15, 0.2) is 0 Å². The lowest BCUT2D eigenvalue weighted by atomic mass is 10.0. The molecule has 4 nitrogen and oxygen atoms in total. The standard InChI is InChI=1S/C10H16N2O2/c1-2-3-4-6-12-7-5-10(11,8-12)9(13)14/h4-8,11H2,1H3,(H,13,14). The minimum atomic E-state index is -1.04. The average molecular weight is 196 g/mol. The zero-order chi connectivity index (χ0) is 10.6. The molecule has 3 N–H and O–H groups in total. The molecule has 1 aliphatic heterocycles. The van der Waals surface area contributed by atoms with E-state index in [2.05, 4.69) is 16.7 Å². The van der Waals surface area contributed by atoms with Gasteiger partial charge in [-0.25, -0.2) is 0 Å². The summed E-state index contributed by atoms with van der Waals surface area (Å²) in [4.78, 5) is 12.9. The van der Waals surface area contributed by atoms with Crippen LogP contribution in [0, 0.1) is 11.8 Å². The minimum Gasteiger partial charge on any atom is -0.480 e. The maximum Gasteiger partial charge on any atom is 0.325 e. The maximum atomic E-state index is 10.8. The zero-order valence-electron chi connectivity index (χ0n) is 8.42. The highest BCUT2D eigenvalue weighted by Crippen LogP contribution is 2.18. The Balaban J connectivity index is 2.40. The Labute approximate surface area is 84.1 Å². The van der Waals surface area contributed by atoms with Crippen LogP contribution in [-0.4, -0.2) is 41.1 Å². The normalized spacial score (nSPS) is 27.0. The Morgan fingerprint density at radius 2 is 2.43 bits per heavy atom. The Morgan fingerprint density at radius 3 is 2.93 bits per heavy atom. The van der Waals surface area contributed by atoms with E-state index < -0.39 is 11.5 Å². The number of aliphatic carboxylic acids is 1. The van der Waals surface area contributed by atoms with E-state index in [0.717, 1.165) is 19.5 Å². The monoisotopic (exact) mass is 196 g/mol. The highest BCUT2D eigenvalue weighted by atomic mass is 16.4. The van der Waals surface area contributed by atoms with Gasteiger partial charge < -0.3 is 10.8 Å². The van der Waals surface area contributed by atoms with Gasteiger partial charge in [-0.2, -0.15) is 0 Å². The van der Waals surface area contributed by atoms with Crippen LogP contribution < -0.4 is 5.73 Å². The van der Waals surface area contributed by atoms with Gasteiger partial charge in [0.25, 0.3) is 0 Å². The number of carbonyl (C=O) groups is 1. The van der Waals surface area contributed by atoms with E-state index in [1.807, 2.05) is 0 Å². The summed E-state index contributed by atoms with van der Waals surface area (Å²) in [5, 5.41) is 8.88. The van der Waals surface area contributed by atoms with E-state index in [1.54, 1.807) is 6.92 Å². The molecule has 0 radical (unpaired) electrons. The summed E-state index contributed by atoms with van der Waals surface area (Å²) in [6.45, 7) is 3.81. The Kier molecular flexibility index (Phi) is 3.50. The van der Waals surface area contributed by atoms with Crippen molar-refractivity contribution in [1.29, 1.82) is 0 Å². The molecule has 0 aromatic carbocycles. The number of carboxylic acids is 1. The molecule has 0 spiro atoms. The Hall–Kier alpha value is -1.05. The third-order valence-corrected chi connectivity index (χ3v) is 2.54. The third-order valence-electron chi connectivity index (χ3n) is 2.54. The van der Waals surface area contributed by atoms with Crippen LogP contribution in [0.1, 0.15) is 19.8 Å². The molecule has 4 heteroatoms. The number of hydrogen-bond donors (Lipinski definition) is 2. The average Bonchev–Trinajstić information content (AvgIpc) is 2.50. The summed E-state index contributed by atoms with van der Waals surface area (Å²) >= 11 is 0. The fraction of sp³-hybridized carbons (Fsp3) is 0.700. The van der Waals surface area contributed by atoms with Crippen molar-refractivity contribution in [3.05, 3.63) is 0 Å². The minimum absolute atomic E-state index is 0.438. The summed E-state index contributed by atoms with van der Waals surface area (Å²) in [5.41, 5.74) is 4.68. The molecule has 1 unspecified atom stereocenters. The number of hydrogen-bond acceptors (Lipinski definition) is 3. The third kappa shape index (κ3) is 2.47. The summed E-state index contributed by atoms with van der Waals surface area (Å²) < 4.78 is 0. The molecule has 0 saturated carbocycles. The van der Waals surface area contributed by atoms with Gasteiger partial charge in [-0.05, 0) is 13.3 Å². The molecule has 0 bridgehead atoms. The lowest BCUT2D eigenvalue weighted by Gasteiger charge is -2.19. The summed E-state index contributed by atoms with van der Waals surface area (Å²) in [5.74, 6) is 4.86. The van der Waals surface area contributed by atoms with Crippen LogP contribution in [0.5, 0.6) is 0 Å². The van der Waals surface area contributed by atoms with Gasteiger partial charge >= 0.3 is 5.97 Å². The maximum absolute atomic E-state index is 10.8. The predicted octanol–water partition coefficient (Wildman–Crippen LogP) is -0.112. The van der Waals surface area contributed by atoms with Crippen molar-refractivity contribution in [3.8, 4) is 11.8 Å². The smallest absolute Gasteiger partial charge is 0.325 e. The zero-order valence-corrected chi connectivity index (χ0v) is 8.42. The highest BCUT2D eigenvalue weighted by Gasteiger charge is 2.40. The first kappa shape index (κ1) is 11.0. The molecule has 0 aromatic heterocycles. The fourth-order valence-corrected chi connectivity index (χ4v) is 1.62. The molecule has 1 aliphatic rings. The summed E-state index contributed by atoms with van der Waals surface area (Å²) in [6.07, 6.45) is 1.31. The Bertz CT molecular complexity index is 280. The van der Waals surface area contributed by atoms with Crippen LogP contribution >= 0.6 is 0 Å². The molecular weight excluding hydrogens is 180 g/mol. The van der Waals surface area contributed by atoms with Crippen LogP contribution in [0.15, 0.2) is 0 Å². The second-order valence-electron chi connectivity index (χ2n) is 3.66. The van der Waals surface area contributed by atoms with E-state index in [4.69, 9.17) is 10.8 Å². The number of nitrogens with two attached hydrogens (primary N) is 1. The molecule has 14 heavy (non-hydrogen) atoms. The van der Waals surface area contributed by atoms with Crippen LogP contribution in [0.4, 0.5) is 0 Å². The predicted molar refractivity (Wildman–Crippen MR) is 53.7 cm³/mol. The number of carboxylic acid groups (broad SMARTS) is 1. The van der Waals surface area contributed by atoms with Crippen LogP contribution in [-0.2, 0) is 4.79 Å². The molecule has 1 fully saturated rings. The Morgan fingerprint density at radius 1 is 1.71 bits per heavy atom.